The summed E-state index contributed by atoms with van der Waals surface area (Å²) in [5, 5.41) is 3.54. The number of carbonyl (C=O) groups excluding carboxylic acids is 2. The molecule has 144 valence electrons. The number of nitrogens with one attached hydrogen (secondary N) is 1. The molecule has 0 spiro atoms. The lowest BCUT2D eigenvalue weighted by atomic mass is 10.0. The molecule has 27 heavy (non-hydrogen) atoms. The van der Waals surface area contributed by atoms with Crippen molar-refractivity contribution in [3.05, 3.63) is 68.7 Å². The van der Waals surface area contributed by atoms with E-state index in [1.54, 1.807) is 32.2 Å². The van der Waals surface area contributed by atoms with Gasteiger partial charge in [-0.25, -0.2) is 0 Å². The Hall–Kier alpha value is -2.04. The zero-order valence-corrected chi connectivity index (χ0v) is 17.5. The predicted molar refractivity (Wildman–Crippen MR) is 110 cm³/mol. The molecule has 0 saturated heterocycles. The Morgan fingerprint density at radius 1 is 1.11 bits per heavy atom. The van der Waals surface area contributed by atoms with Crippen molar-refractivity contribution in [2.24, 2.45) is 0 Å². The third-order valence-electron chi connectivity index (χ3n) is 4.65. The molecular formula is C21H24Cl2N2O2. The van der Waals surface area contributed by atoms with E-state index < -0.39 is 6.04 Å². The molecule has 0 fully saturated rings. The van der Waals surface area contributed by atoms with Crippen molar-refractivity contribution >= 4 is 35.0 Å². The highest BCUT2D eigenvalue weighted by molar-refractivity contribution is 6.36. The zero-order chi connectivity index (χ0) is 20.1. The van der Waals surface area contributed by atoms with E-state index in [0.717, 1.165) is 16.7 Å². The van der Waals surface area contributed by atoms with Crippen LogP contribution in [0.1, 0.15) is 29.2 Å². The van der Waals surface area contributed by atoms with Gasteiger partial charge < -0.3 is 10.2 Å². The number of hydrogen-bond donors (Lipinski definition) is 1. The van der Waals surface area contributed by atoms with Crippen LogP contribution >= 0.6 is 23.2 Å². The highest BCUT2D eigenvalue weighted by Gasteiger charge is 2.27. The Morgan fingerprint density at radius 3 is 2.33 bits per heavy atom. The molecule has 0 aliphatic carbocycles. The summed E-state index contributed by atoms with van der Waals surface area (Å²) in [4.78, 5) is 26.9. The summed E-state index contributed by atoms with van der Waals surface area (Å²) in [6.07, 6.45) is 0.205. The maximum absolute atomic E-state index is 13.1. The number of halogens is 2. The molecule has 2 aromatic rings. The van der Waals surface area contributed by atoms with Crippen molar-refractivity contribution < 1.29 is 9.59 Å². The van der Waals surface area contributed by atoms with Crippen molar-refractivity contribution in [2.45, 2.75) is 39.8 Å². The quantitative estimate of drug-likeness (QED) is 0.776. The van der Waals surface area contributed by atoms with Crippen LogP contribution in [0.5, 0.6) is 0 Å². The van der Waals surface area contributed by atoms with Crippen LogP contribution in [0, 0.1) is 13.8 Å². The van der Waals surface area contributed by atoms with Crippen molar-refractivity contribution in [3.63, 3.8) is 0 Å². The molecule has 0 unspecified atom stereocenters. The van der Waals surface area contributed by atoms with E-state index in [4.69, 9.17) is 23.2 Å². The van der Waals surface area contributed by atoms with Gasteiger partial charge in [0.05, 0.1) is 6.42 Å². The Kier molecular flexibility index (Phi) is 7.28. The molecular weight excluding hydrogens is 383 g/mol. The van der Waals surface area contributed by atoms with Crippen molar-refractivity contribution in [1.29, 1.82) is 0 Å². The van der Waals surface area contributed by atoms with Crippen LogP contribution in [0.3, 0.4) is 0 Å². The molecule has 6 heteroatoms. The lowest BCUT2D eigenvalue weighted by Crippen LogP contribution is -2.47. The molecule has 0 radical (unpaired) electrons. The lowest BCUT2D eigenvalue weighted by Gasteiger charge is -2.29. The van der Waals surface area contributed by atoms with E-state index >= 15 is 0 Å². The van der Waals surface area contributed by atoms with Crippen LogP contribution < -0.4 is 5.32 Å². The van der Waals surface area contributed by atoms with Crippen molar-refractivity contribution in [1.82, 2.24) is 10.2 Å². The number of carbonyl (C=O) groups is 2. The van der Waals surface area contributed by atoms with Gasteiger partial charge in [0, 0.05) is 29.2 Å². The van der Waals surface area contributed by atoms with E-state index in [1.165, 1.54) is 4.90 Å². The average molecular weight is 407 g/mol. The van der Waals surface area contributed by atoms with Gasteiger partial charge in [0.2, 0.25) is 11.8 Å². The average Bonchev–Trinajstić information content (AvgIpc) is 2.63. The van der Waals surface area contributed by atoms with E-state index in [-0.39, 0.29) is 24.8 Å². The van der Waals surface area contributed by atoms with E-state index in [2.05, 4.69) is 5.32 Å². The first-order chi connectivity index (χ1) is 12.7. The van der Waals surface area contributed by atoms with Gasteiger partial charge in [0.1, 0.15) is 6.04 Å². The SMILES string of the molecule is CNC(=O)[C@H](C)N(Cc1c(Cl)cccc1Cl)C(=O)Cc1cc(C)ccc1C. The smallest absolute Gasteiger partial charge is 0.242 e. The number of rotatable bonds is 6. The maximum atomic E-state index is 13.1. The Balaban J connectivity index is 2.35. The van der Waals surface area contributed by atoms with Gasteiger partial charge in [0.15, 0.2) is 0 Å². The third kappa shape index (κ3) is 5.24. The first-order valence-corrected chi connectivity index (χ1v) is 9.50. The van der Waals surface area contributed by atoms with Gasteiger partial charge in [-0.1, -0.05) is 53.0 Å². The highest BCUT2D eigenvalue weighted by Crippen LogP contribution is 2.27. The molecule has 0 saturated carbocycles. The monoisotopic (exact) mass is 406 g/mol. The van der Waals surface area contributed by atoms with Gasteiger partial charge >= 0.3 is 0 Å². The maximum Gasteiger partial charge on any atom is 0.242 e. The van der Waals surface area contributed by atoms with Gasteiger partial charge in [-0.2, -0.15) is 0 Å². The Labute approximate surface area is 170 Å². The van der Waals surface area contributed by atoms with E-state index in [0.29, 0.717) is 15.6 Å². The molecule has 0 aromatic heterocycles. The van der Waals surface area contributed by atoms with Gasteiger partial charge in [-0.3, -0.25) is 9.59 Å². The standard InChI is InChI=1S/C21H24Cl2N2O2/c1-13-8-9-14(2)16(10-13)11-20(26)25(15(3)21(27)24-4)12-17-18(22)6-5-7-19(17)23/h5-10,15H,11-12H2,1-4H3,(H,24,27)/t15-/m0/s1. The fourth-order valence-electron chi connectivity index (χ4n) is 2.90. The molecule has 1 N–H and O–H groups in total. The van der Waals surface area contributed by atoms with Crippen LogP contribution in [0.15, 0.2) is 36.4 Å². The largest absolute Gasteiger partial charge is 0.357 e. The summed E-state index contributed by atoms with van der Waals surface area (Å²) in [6, 6.07) is 10.5. The normalized spacial score (nSPS) is 11.8. The molecule has 0 heterocycles. The second kappa shape index (κ2) is 9.25. The van der Waals surface area contributed by atoms with Crippen LogP contribution in [0.2, 0.25) is 10.0 Å². The van der Waals surface area contributed by atoms with Gasteiger partial charge in [0.25, 0.3) is 0 Å². The predicted octanol–water partition coefficient (Wildman–Crippen LogP) is 4.32. The highest BCUT2D eigenvalue weighted by atomic mass is 35.5. The van der Waals surface area contributed by atoms with Crippen LogP contribution in [0.25, 0.3) is 0 Å². The topological polar surface area (TPSA) is 49.4 Å². The molecule has 0 aliphatic rings. The first kappa shape index (κ1) is 21.3. The first-order valence-electron chi connectivity index (χ1n) is 8.74. The fourth-order valence-corrected chi connectivity index (χ4v) is 3.42. The Morgan fingerprint density at radius 2 is 1.74 bits per heavy atom. The van der Waals surface area contributed by atoms with Crippen LogP contribution in [0.4, 0.5) is 0 Å². The molecule has 2 rings (SSSR count). The summed E-state index contributed by atoms with van der Waals surface area (Å²) in [5.74, 6) is -0.400. The fraction of sp³-hybridized carbons (Fsp3) is 0.333. The molecule has 2 amide bonds. The number of likely N-dealkylation sites (N-methyl/N-ethyl adjacent to an activating group) is 1. The van der Waals surface area contributed by atoms with Gasteiger partial charge in [-0.15, -0.1) is 0 Å². The minimum absolute atomic E-state index is 0.157. The minimum Gasteiger partial charge on any atom is -0.357 e. The molecule has 0 aliphatic heterocycles. The minimum atomic E-state index is -0.653. The lowest BCUT2D eigenvalue weighted by molar-refractivity contribution is -0.139. The molecule has 1 atom stereocenters. The van der Waals surface area contributed by atoms with Crippen molar-refractivity contribution in [3.8, 4) is 0 Å². The summed E-state index contributed by atoms with van der Waals surface area (Å²) >= 11 is 12.6. The summed E-state index contributed by atoms with van der Waals surface area (Å²) in [7, 11) is 1.55. The zero-order valence-electron chi connectivity index (χ0n) is 16.0. The Bertz CT molecular complexity index is 832. The van der Waals surface area contributed by atoms with Crippen LogP contribution in [-0.2, 0) is 22.6 Å². The van der Waals surface area contributed by atoms with E-state index in [9.17, 15) is 9.59 Å². The number of hydrogen-bond acceptors (Lipinski definition) is 2. The van der Waals surface area contributed by atoms with E-state index in [1.807, 2.05) is 32.0 Å². The van der Waals surface area contributed by atoms with Crippen molar-refractivity contribution in [2.75, 3.05) is 7.05 Å². The molecule has 0 bridgehead atoms. The number of aryl methyl sites for hydroxylation is 2. The summed E-state index contributed by atoms with van der Waals surface area (Å²) in [6.45, 7) is 5.82. The van der Waals surface area contributed by atoms with Crippen LogP contribution in [-0.4, -0.2) is 29.8 Å². The summed E-state index contributed by atoms with van der Waals surface area (Å²) in [5.41, 5.74) is 3.70. The molecule has 2 aromatic carbocycles. The number of benzene rings is 2. The number of nitrogens with zero attached hydrogens (tertiary/aromatic N) is 1. The number of amides is 2. The molecule has 4 nitrogen and oxygen atoms in total. The third-order valence-corrected chi connectivity index (χ3v) is 5.36. The second-order valence-corrected chi connectivity index (χ2v) is 7.43. The van der Waals surface area contributed by atoms with Gasteiger partial charge in [-0.05, 0) is 44.0 Å². The summed E-state index contributed by atoms with van der Waals surface area (Å²) < 4.78 is 0. The second-order valence-electron chi connectivity index (χ2n) is 6.62.